The summed E-state index contributed by atoms with van der Waals surface area (Å²) < 4.78 is 7.02. The summed E-state index contributed by atoms with van der Waals surface area (Å²) in [5.41, 5.74) is 6.86. The normalized spacial score (nSPS) is 15.8. The van der Waals surface area contributed by atoms with Crippen molar-refractivity contribution in [2.45, 2.75) is 25.7 Å². The van der Waals surface area contributed by atoms with Gasteiger partial charge in [-0.3, -0.25) is 0 Å². The number of hydrogen-bond donors (Lipinski definition) is 1. The molecule has 2 heterocycles. The third-order valence-electron chi connectivity index (χ3n) is 3.82. The van der Waals surface area contributed by atoms with E-state index in [-0.39, 0.29) is 0 Å². The van der Waals surface area contributed by atoms with E-state index in [9.17, 15) is 0 Å². The molecule has 112 valence electrons. The van der Waals surface area contributed by atoms with Crippen LogP contribution in [-0.4, -0.2) is 35.0 Å². The van der Waals surface area contributed by atoms with Crippen LogP contribution in [-0.2, 0) is 0 Å². The SMILES string of the molecule is COc1ccccc1-n1nc(N2CCCCCC2)nc1N. The van der Waals surface area contributed by atoms with Gasteiger partial charge in [-0.15, -0.1) is 5.10 Å². The van der Waals surface area contributed by atoms with Crippen LogP contribution in [0, 0.1) is 0 Å². The van der Waals surface area contributed by atoms with Gasteiger partial charge in [0.2, 0.25) is 11.9 Å². The minimum absolute atomic E-state index is 0.388. The van der Waals surface area contributed by atoms with E-state index < -0.39 is 0 Å². The number of nitrogens with two attached hydrogens (primary N) is 1. The van der Waals surface area contributed by atoms with E-state index in [2.05, 4.69) is 15.0 Å². The molecule has 6 nitrogen and oxygen atoms in total. The quantitative estimate of drug-likeness (QED) is 0.937. The van der Waals surface area contributed by atoms with Crippen molar-refractivity contribution in [3.8, 4) is 11.4 Å². The Labute approximate surface area is 124 Å². The Morgan fingerprint density at radius 3 is 2.52 bits per heavy atom. The molecule has 1 aliphatic rings. The van der Waals surface area contributed by atoms with E-state index >= 15 is 0 Å². The van der Waals surface area contributed by atoms with Gasteiger partial charge in [0.25, 0.3) is 0 Å². The minimum atomic E-state index is 0.388. The Morgan fingerprint density at radius 1 is 1.10 bits per heavy atom. The van der Waals surface area contributed by atoms with Crippen LogP contribution in [0.3, 0.4) is 0 Å². The summed E-state index contributed by atoms with van der Waals surface area (Å²) in [5.74, 6) is 1.83. The predicted octanol–water partition coefficient (Wildman–Crippen LogP) is 2.24. The highest BCUT2D eigenvalue weighted by Crippen LogP contribution is 2.25. The molecule has 0 spiro atoms. The van der Waals surface area contributed by atoms with Crippen molar-refractivity contribution < 1.29 is 4.74 Å². The molecule has 0 radical (unpaired) electrons. The number of hydrogen-bond acceptors (Lipinski definition) is 5. The highest BCUT2D eigenvalue weighted by molar-refractivity contribution is 5.51. The van der Waals surface area contributed by atoms with E-state index in [1.165, 1.54) is 25.7 Å². The lowest BCUT2D eigenvalue weighted by Crippen LogP contribution is -2.25. The van der Waals surface area contributed by atoms with E-state index in [1.807, 2.05) is 24.3 Å². The summed E-state index contributed by atoms with van der Waals surface area (Å²) in [7, 11) is 1.64. The molecule has 6 heteroatoms. The maximum absolute atomic E-state index is 6.05. The number of benzene rings is 1. The number of nitrogen functional groups attached to an aromatic ring is 1. The first-order valence-electron chi connectivity index (χ1n) is 7.40. The van der Waals surface area contributed by atoms with Gasteiger partial charge in [0.15, 0.2) is 0 Å². The minimum Gasteiger partial charge on any atom is -0.494 e. The van der Waals surface area contributed by atoms with Crippen molar-refractivity contribution in [1.29, 1.82) is 0 Å². The molecule has 3 rings (SSSR count). The molecule has 0 saturated carbocycles. The van der Waals surface area contributed by atoms with Crippen LogP contribution < -0.4 is 15.4 Å². The first-order chi connectivity index (χ1) is 10.3. The summed E-state index contributed by atoms with van der Waals surface area (Å²) >= 11 is 0. The Bertz CT molecular complexity index is 602. The zero-order chi connectivity index (χ0) is 14.7. The maximum Gasteiger partial charge on any atom is 0.246 e. The second-order valence-corrected chi connectivity index (χ2v) is 5.25. The average Bonchev–Trinajstić information content (AvgIpc) is 2.74. The number of methoxy groups -OCH3 is 1. The summed E-state index contributed by atoms with van der Waals surface area (Å²) in [6, 6.07) is 7.67. The molecule has 0 unspecified atom stereocenters. The lowest BCUT2D eigenvalue weighted by atomic mass is 10.2. The van der Waals surface area contributed by atoms with Gasteiger partial charge < -0.3 is 15.4 Å². The molecular weight excluding hydrogens is 266 g/mol. The van der Waals surface area contributed by atoms with Crippen molar-refractivity contribution in [2.75, 3.05) is 30.8 Å². The molecular formula is C15H21N5O. The van der Waals surface area contributed by atoms with E-state index in [4.69, 9.17) is 10.5 Å². The third-order valence-corrected chi connectivity index (χ3v) is 3.82. The van der Waals surface area contributed by atoms with Crippen LogP contribution in [0.1, 0.15) is 25.7 Å². The van der Waals surface area contributed by atoms with Crippen LogP contribution in [0.15, 0.2) is 24.3 Å². The molecule has 1 aliphatic heterocycles. The molecule has 1 fully saturated rings. The Hall–Kier alpha value is -2.24. The van der Waals surface area contributed by atoms with Crippen LogP contribution in [0.4, 0.5) is 11.9 Å². The van der Waals surface area contributed by atoms with Crippen molar-refractivity contribution in [1.82, 2.24) is 14.8 Å². The highest BCUT2D eigenvalue weighted by atomic mass is 16.5. The van der Waals surface area contributed by atoms with Gasteiger partial charge in [0.05, 0.1) is 7.11 Å². The van der Waals surface area contributed by atoms with Crippen LogP contribution in [0.5, 0.6) is 5.75 Å². The number of ether oxygens (including phenoxy) is 1. The van der Waals surface area contributed by atoms with E-state index in [0.717, 1.165) is 24.5 Å². The first-order valence-corrected chi connectivity index (χ1v) is 7.40. The third kappa shape index (κ3) is 2.79. The molecule has 1 saturated heterocycles. The zero-order valence-corrected chi connectivity index (χ0v) is 12.3. The summed E-state index contributed by atoms with van der Waals surface area (Å²) in [4.78, 5) is 6.65. The second kappa shape index (κ2) is 6.03. The first kappa shape index (κ1) is 13.7. The molecule has 0 aliphatic carbocycles. The van der Waals surface area contributed by atoms with Gasteiger partial charge >= 0.3 is 0 Å². The number of aromatic nitrogens is 3. The lowest BCUT2D eigenvalue weighted by molar-refractivity contribution is 0.412. The largest absolute Gasteiger partial charge is 0.494 e. The molecule has 0 amide bonds. The van der Waals surface area contributed by atoms with Gasteiger partial charge in [-0.2, -0.15) is 9.67 Å². The van der Waals surface area contributed by atoms with Gasteiger partial charge in [-0.25, -0.2) is 0 Å². The Balaban J connectivity index is 1.93. The number of anilines is 2. The van der Waals surface area contributed by atoms with Gasteiger partial charge in [0, 0.05) is 13.1 Å². The molecule has 0 atom stereocenters. The predicted molar refractivity (Wildman–Crippen MR) is 83.0 cm³/mol. The Kier molecular flexibility index (Phi) is 3.94. The van der Waals surface area contributed by atoms with Crippen molar-refractivity contribution in [2.24, 2.45) is 0 Å². The molecule has 2 N–H and O–H groups in total. The van der Waals surface area contributed by atoms with Gasteiger partial charge in [0.1, 0.15) is 11.4 Å². The Morgan fingerprint density at radius 2 is 1.81 bits per heavy atom. The monoisotopic (exact) mass is 287 g/mol. The second-order valence-electron chi connectivity index (χ2n) is 5.25. The van der Waals surface area contributed by atoms with Crippen molar-refractivity contribution in [3.63, 3.8) is 0 Å². The summed E-state index contributed by atoms with van der Waals surface area (Å²) in [5, 5.41) is 4.58. The fourth-order valence-corrected chi connectivity index (χ4v) is 2.70. The maximum atomic E-state index is 6.05. The molecule has 2 aromatic rings. The molecule has 21 heavy (non-hydrogen) atoms. The number of para-hydroxylation sites is 2. The van der Waals surface area contributed by atoms with Crippen LogP contribution in [0.25, 0.3) is 5.69 Å². The van der Waals surface area contributed by atoms with E-state index in [1.54, 1.807) is 11.8 Å². The fraction of sp³-hybridized carbons (Fsp3) is 0.467. The number of nitrogens with zero attached hydrogens (tertiary/aromatic N) is 4. The standard InChI is InChI=1S/C15H21N5O/c1-21-13-9-5-4-8-12(13)20-14(16)17-15(18-20)19-10-6-2-3-7-11-19/h4-5,8-9H,2-3,6-7,10-11H2,1H3,(H2,16,17,18). The topological polar surface area (TPSA) is 69.2 Å². The van der Waals surface area contributed by atoms with Crippen molar-refractivity contribution >= 4 is 11.9 Å². The summed E-state index contributed by atoms with van der Waals surface area (Å²) in [6.07, 6.45) is 4.92. The lowest BCUT2D eigenvalue weighted by Gasteiger charge is -2.17. The smallest absolute Gasteiger partial charge is 0.246 e. The van der Waals surface area contributed by atoms with Crippen LogP contribution >= 0.6 is 0 Å². The van der Waals surface area contributed by atoms with Crippen molar-refractivity contribution in [3.05, 3.63) is 24.3 Å². The van der Waals surface area contributed by atoms with E-state index in [0.29, 0.717) is 11.9 Å². The molecule has 1 aromatic heterocycles. The van der Waals surface area contributed by atoms with Gasteiger partial charge in [-0.1, -0.05) is 25.0 Å². The summed E-state index contributed by atoms with van der Waals surface area (Å²) in [6.45, 7) is 1.99. The zero-order valence-electron chi connectivity index (χ0n) is 12.3. The van der Waals surface area contributed by atoms with Gasteiger partial charge in [-0.05, 0) is 25.0 Å². The fourth-order valence-electron chi connectivity index (χ4n) is 2.70. The highest BCUT2D eigenvalue weighted by Gasteiger charge is 2.18. The molecule has 1 aromatic carbocycles. The number of rotatable bonds is 3. The van der Waals surface area contributed by atoms with Crippen LogP contribution in [0.2, 0.25) is 0 Å². The molecule has 0 bridgehead atoms. The average molecular weight is 287 g/mol.